The quantitative estimate of drug-likeness (QED) is 0.214. The minimum Gasteiger partial charge on any atom is -0.469 e. The highest BCUT2D eigenvalue weighted by molar-refractivity contribution is 7.80. The molecule has 4 aliphatic rings. The zero-order chi connectivity index (χ0) is 27.8. The monoisotopic (exact) mass is 551 g/mol. The van der Waals surface area contributed by atoms with Gasteiger partial charge in [-0.3, -0.25) is 10.2 Å². The van der Waals surface area contributed by atoms with Crippen LogP contribution in [-0.4, -0.2) is 23.9 Å². The molecule has 0 unspecified atom stereocenters. The van der Waals surface area contributed by atoms with E-state index in [1.165, 1.54) is 63.3 Å². The number of methoxy groups -OCH3 is 1. The standard InChI is InChI=1S/C33H49N3O2S/c1-21-6-10-24(11-7-21)34-31(39)36-35-25-16-18-32(3)23(20-25)9-12-26-28-14-13-27(22(2)8-15-30(37)38-5)33(28,4)19-17-29(26)32/h6-7,10-11,22-23,26-29H,8-9,12-20H2,1-5H3,(H2,34,36,39)/b35-25+/t22-,23-,26+,27-,28+,29+,32+,33-/m1/s1. The van der Waals surface area contributed by atoms with Crippen LogP contribution in [0.4, 0.5) is 5.69 Å². The molecule has 0 saturated heterocycles. The molecular weight excluding hydrogens is 502 g/mol. The van der Waals surface area contributed by atoms with Crippen molar-refractivity contribution >= 4 is 34.7 Å². The molecule has 0 heterocycles. The lowest BCUT2D eigenvalue weighted by molar-refractivity contribution is -0.141. The van der Waals surface area contributed by atoms with E-state index in [1.54, 1.807) is 0 Å². The predicted octanol–water partition coefficient (Wildman–Crippen LogP) is 7.89. The summed E-state index contributed by atoms with van der Waals surface area (Å²) in [6.45, 7) is 9.71. The third kappa shape index (κ3) is 5.64. The van der Waals surface area contributed by atoms with Crippen LogP contribution in [0.5, 0.6) is 0 Å². The lowest BCUT2D eigenvalue weighted by atomic mass is 9.44. The van der Waals surface area contributed by atoms with Crippen LogP contribution in [0.3, 0.4) is 0 Å². The summed E-state index contributed by atoms with van der Waals surface area (Å²) in [7, 11) is 1.51. The van der Waals surface area contributed by atoms with Crippen molar-refractivity contribution in [1.29, 1.82) is 0 Å². The number of esters is 1. The molecule has 6 heteroatoms. The van der Waals surface area contributed by atoms with E-state index in [4.69, 9.17) is 22.1 Å². The predicted molar refractivity (Wildman–Crippen MR) is 164 cm³/mol. The Kier molecular flexibility index (Phi) is 8.43. The zero-order valence-corrected chi connectivity index (χ0v) is 25.5. The number of fused-ring (bicyclic) bond motifs is 5. The van der Waals surface area contributed by atoms with Crippen LogP contribution in [0.1, 0.15) is 97.0 Å². The van der Waals surface area contributed by atoms with E-state index < -0.39 is 0 Å². The molecule has 0 radical (unpaired) electrons. The SMILES string of the molecule is COC(=O)CC[C@@H](C)[C@H]1CC[C@H]2[C@@H]3CC[C@@H]4C/C(=N/NC(=S)Nc5ccc(C)cc5)CC[C@]4(C)[C@H]3CC[C@]12C. The Balaban J connectivity index is 1.19. The van der Waals surface area contributed by atoms with Crippen LogP contribution < -0.4 is 10.7 Å². The Morgan fingerprint density at radius 1 is 1.08 bits per heavy atom. The van der Waals surface area contributed by atoms with Crippen LogP contribution >= 0.6 is 12.2 Å². The first-order valence-electron chi connectivity index (χ1n) is 15.4. The Morgan fingerprint density at radius 3 is 2.56 bits per heavy atom. The average molecular weight is 552 g/mol. The van der Waals surface area contributed by atoms with Gasteiger partial charge in [-0.1, -0.05) is 38.5 Å². The van der Waals surface area contributed by atoms with E-state index in [9.17, 15) is 4.79 Å². The normalized spacial score (nSPS) is 37.3. The summed E-state index contributed by atoms with van der Waals surface area (Å²) >= 11 is 5.52. The molecule has 0 spiro atoms. The van der Waals surface area contributed by atoms with Gasteiger partial charge in [-0.25, -0.2) is 0 Å². The fourth-order valence-corrected chi connectivity index (χ4v) is 9.87. The zero-order valence-electron chi connectivity index (χ0n) is 24.7. The number of hydrogen-bond acceptors (Lipinski definition) is 4. The number of ether oxygens (including phenoxy) is 1. The van der Waals surface area contributed by atoms with Crippen LogP contribution in [0.15, 0.2) is 29.4 Å². The Hall–Kier alpha value is -1.95. The summed E-state index contributed by atoms with van der Waals surface area (Å²) in [6, 6.07) is 8.26. The van der Waals surface area contributed by atoms with Gasteiger partial charge in [-0.2, -0.15) is 5.10 Å². The van der Waals surface area contributed by atoms with Gasteiger partial charge in [0, 0.05) is 17.8 Å². The second-order valence-corrected chi connectivity index (χ2v) is 14.2. The second kappa shape index (κ2) is 11.5. The molecule has 0 bridgehead atoms. The molecule has 0 amide bonds. The average Bonchev–Trinajstić information content (AvgIpc) is 3.29. The van der Waals surface area contributed by atoms with Crippen molar-refractivity contribution < 1.29 is 9.53 Å². The largest absolute Gasteiger partial charge is 0.469 e. The van der Waals surface area contributed by atoms with Gasteiger partial charge in [-0.15, -0.1) is 0 Å². The van der Waals surface area contributed by atoms with Crippen molar-refractivity contribution in [3.63, 3.8) is 0 Å². The summed E-state index contributed by atoms with van der Waals surface area (Å²) in [5.74, 6) is 4.57. The summed E-state index contributed by atoms with van der Waals surface area (Å²) < 4.78 is 4.93. The molecule has 8 atom stereocenters. The first-order valence-corrected chi connectivity index (χ1v) is 15.8. The number of anilines is 1. The smallest absolute Gasteiger partial charge is 0.305 e. The number of hydrogen-bond donors (Lipinski definition) is 2. The highest BCUT2D eigenvalue weighted by Gasteiger charge is 2.60. The molecule has 5 rings (SSSR count). The van der Waals surface area contributed by atoms with Crippen molar-refractivity contribution in [1.82, 2.24) is 5.43 Å². The Labute approximate surface area is 241 Å². The van der Waals surface area contributed by atoms with E-state index in [0.717, 1.165) is 54.5 Å². The molecule has 5 nitrogen and oxygen atoms in total. The summed E-state index contributed by atoms with van der Waals surface area (Å²) in [5.41, 5.74) is 7.50. The maximum absolute atomic E-state index is 11.8. The number of carbonyl (C=O) groups excluding carboxylic acids is 1. The molecule has 4 saturated carbocycles. The summed E-state index contributed by atoms with van der Waals surface area (Å²) in [6.07, 6.45) is 13.1. The molecule has 214 valence electrons. The van der Waals surface area contributed by atoms with Gasteiger partial charge in [0.15, 0.2) is 5.11 Å². The molecule has 4 fully saturated rings. The van der Waals surface area contributed by atoms with E-state index in [1.807, 2.05) is 12.1 Å². The van der Waals surface area contributed by atoms with Gasteiger partial charge in [0.1, 0.15) is 0 Å². The highest BCUT2D eigenvalue weighted by atomic mass is 32.1. The minimum absolute atomic E-state index is 0.0590. The molecule has 1 aromatic carbocycles. The van der Waals surface area contributed by atoms with Gasteiger partial charge in [0.05, 0.1) is 7.11 Å². The van der Waals surface area contributed by atoms with E-state index >= 15 is 0 Å². The lowest BCUT2D eigenvalue weighted by Crippen LogP contribution is -2.54. The Bertz CT molecular complexity index is 1090. The molecule has 0 aromatic heterocycles. The summed E-state index contributed by atoms with van der Waals surface area (Å²) in [5, 5.41) is 8.60. The van der Waals surface area contributed by atoms with Gasteiger partial charge < -0.3 is 10.1 Å². The number of nitrogens with one attached hydrogen (secondary N) is 2. The fraction of sp³-hybridized carbons (Fsp3) is 0.727. The third-order valence-electron chi connectivity index (χ3n) is 11.9. The van der Waals surface area contributed by atoms with Crippen molar-refractivity contribution in [2.75, 3.05) is 12.4 Å². The number of benzene rings is 1. The van der Waals surface area contributed by atoms with Gasteiger partial charge in [0.2, 0.25) is 0 Å². The van der Waals surface area contributed by atoms with Gasteiger partial charge >= 0.3 is 5.97 Å². The number of hydrazone groups is 1. The van der Waals surface area contributed by atoms with Gasteiger partial charge in [0.25, 0.3) is 0 Å². The van der Waals surface area contributed by atoms with E-state index in [-0.39, 0.29) is 5.97 Å². The molecular formula is C33H49N3O2S. The maximum Gasteiger partial charge on any atom is 0.305 e. The van der Waals surface area contributed by atoms with Crippen molar-refractivity contribution in [3.8, 4) is 0 Å². The number of nitrogens with zero attached hydrogens (tertiary/aromatic N) is 1. The van der Waals surface area contributed by atoms with E-state index in [0.29, 0.717) is 28.3 Å². The molecule has 2 N–H and O–H groups in total. The minimum atomic E-state index is -0.0590. The van der Waals surface area contributed by atoms with Crippen LogP contribution in [-0.2, 0) is 9.53 Å². The number of aryl methyl sites for hydroxylation is 1. The number of rotatable bonds is 6. The highest BCUT2D eigenvalue weighted by Crippen LogP contribution is 2.68. The fourth-order valence-electron chi connectivity index (χ4n) is 9.71. The molecule has 39 heavy (non-hydrogen) atoms. The molecule has 1 aromatic rings. The maximum atomic E-state index is 11.8. The summed E-state index contributed by atoms with van der Waals surface area (Å²) in [4.78, 5) is 11.8. The van der Waals surface area contributed by atoms with Crippen LogP contribution in [0.25, 0.3) is 0 Å². The molecule has 4 aliphatic carbocycles. The van der Waals surface area contributed by atoms with Crippen molar-refractivity contribution in [2.45, 2.75) is 98.3 Å². The number of carbonyl (C=O) groups is 1. The van der Waals surface area contributed by atoms with Crippen molar-refractivity contribution in [2.24, 2.45) is 51.4 Å². The van der Waals surface area contributed by atoms with Crippen molar-refractivity contribution in [3.05, 3.63) is 29.8 Å². The van der Waals surface area contributed by atoms with Gasteiger partial charge in [-0.05, 0) is 142 Å². The van der Waals surface area contributed by atoms with E-state index in [2.05, 4.69) is 50.6 Å². The first-order chi connectivity index (χ1) is 18.6. The topological polar surface area (TPSA) is 62.7 Å². The second-order valence-electron chi connectivity index (χ2n) is 13.8. The Morgan fingerprint density at radius 2 is 1.82 bits per heavy atom. The van der Waals surface area contributed by atoms with Crippen LogP contribution in [0.2, 0.25) is 0 Å². The third-order valence-corrected chi connectivity index (χ3v) is 12.1. The number of thiocarbonyl (C=S) groups is 1. The van der Waals surface area contributed by atoms with Crippen LogP contribution in [0, 0.1) is 53.3 Å². The molecule has 0 aliphatic heterocycles. The first kappa shape index (κ1) is 28.6. The lowest BCUT2D eigenvalue weighted by Gasteiger charge is -2.61.